The maximum Gasteiger partial charge on any atom is 0.0628 e. The van der Waals surface area contributed by atoms with Gasteiger partial charge in [0.15, 0.2) is 0 Å². The third-order valence-corrected chi connectivity index (χ3v) is 4.12. The normalized spacial score (nSPS) is 17.4. The van der Waals surface area contributed by atoms with Gasteiger partial charge in [-0.15, -0.1) is 0 Å². The maximum atomic E-state index is 4.48. The van der Waals surface area contributed by atoms with Gasteiger partial charge in [-0.25, -0.2) is 0 Å². The molecular weight excluding hydrogens is 210 g/mol. The summed E-state index contributed by atoms with van der Waals surface area (Å²) < 4.78 is 2.00. The molecule has 17 heavy (non-hydrogen) atoms. The molecule has 0 aliphatic heterocycles. The van der Waals surface area contributed by atoms with Crippen LogP contribution in [0.2, 0.25) is 0 Å². The monoisotopic (exact) mass is 235 g/mol. The molecule has 0 amide bonds. The summed E-state index contributed by atoms with van der Waals surface area (Å²) in [6.45, 7) is 4.29. The van der Waals surface area contributed by atoms with Gasteiger partial charge in [0.1, 0.15) is 0 Å². The lowest BCUT2D eigenvalue weighted by Gasteiger charge is -2.15. The molecule has 1 atom stereocenters. The molecule has 1 aliphatic carbocycles. The number of hydrogen-bond acceptors (Lipinski definition) is 2. The van der Waals surface area contributed by atoms with E-state index in [4.69, 9.17) is 0 Å². The van der Waals surface area contributed by atoms with Crippen LogP contribution in [0.5, 0.6) is 0 Å². The molecule has 1 aromatic rings. The average molecular weight is 235 g/mol. The number of aryl methyl sites for hydroxylation is 2. The first-order valence-electron chi connectivity index (χ1n) is 6.78. The summed E-state index contributed by atoms with van der Waals surface area (Å²) >= 11 is 0. The van der Waals surface area contributed by atoms with Gasteiger partial charge in [0.2, 0.25) is 0 Å². The van der Waals surface area contributed by atoms with E-state index in [-0.39, 0.29) is 0 Å². The summed E-state index contributed by atoms with van der Waals surface area (Å²) in [4.78, 5) is 0. The molecule has 1 heterocycles. The Kier molecular flexibility index (Phi) is 3.87. The second-order valence-electron chi connectivity index (χ2n) is 5.48. The van der Waals surface area contributed by atoms with Crippen molar-refractivity contribution < 1.29 is 0 Å². The zero-order valence-corrected chi connectivity index (χ0v) is 11.6. The van der Waals surface area contributed by atoms with Crippen LogP contribution in [-0.4, -0.2) is 22.9 Å². The SMILES string of the molecule is CNC(CCc1c(C)nn(C)c1C)CC1CC1. The lowest BCUT2D eigenvalue weighted by molar-refractivity contribution is 0.463. The van der Waals surface area contributed by atoms with Crippen LogP contribution >= 0.6 is 0 Å². The Bertz CT molecular complexity index is 377. The number of nitrogens with zero attached hydrogens (tertiary/aromatic N) is 2. The van der Waals surface area contributed by atoms with Crippen molar-refractivity contribution in [3.63, 3.8) is 0 Å². The predicted octanol–water partition coefficient (Wildman–Crippen LogP) is 2.36. The molecule has 0 spiro atoms. The topological polar surface area (TPSA) is 29.9 Å². The van der Waals surface area contributed by atoms with E-state index < -0.39 is 0 Å². The lowest BCUT2D eigenvalue weighted by Crippen LogP contribution is -2.26. The zero-order valence-electron chi connectivity index (χ0n) is 11.6. The quantitative estimate of drug-likeness (QED) is 0.820. The fraction of sp³-hybridized carbons (Fsp3) is 0.786. The third-order valence-electron chi connectivity index (χ3n) is 4.12. The molecule has 0 bridgehead atoms. The van der Waals surface area contributed by atoms with Crippen molar-refractivity contribution >= 4 is 0 Å². The summed E-state index contributed by atoms with van der Waals surface area (Å²) in [5.74, 6) is 1.00. The number of nitrogens with one attached hydrogen (secondary N) is 1. The van der Waals surface area contributed by atoms with Gasteiger partial charge < -0.3 is 5.32 Å². The van der Waals surface area contributed by atoms with Crippen molar-refractivity contribution in [1.82, 2.24) is 15.1 Å². The van der Waals surface area contributed by atoms with Crippen molar-refractivity contribution in [3.8, 4) is 0 Å². The van der Waals surface area contributed by atoms with Crippen LogP contribution in [0.25, 0.3) is 0 Å². The summed E-state index contributed by atoms with van der Waals surface area (Å²) in [5, 5.41) is 7.95. The summed E-state index contributed by atoms with van der Waals surface area (Å²) in [5.41, 5.74) is 3.97. The van der Waals surface area contributed by atoms with Crippen LogP contribution in [-0.2, 0) is 13.5 Å². The van der Waals surface area contributed by atoms with E-state index in [0.29, 0.717) is 6.04 Å². The lowest BCUT2D eigenvalue weighted by atomic mass is 10.00. The second-order valence-corrected chi connectivity index (χ2v) is 5.48. The predicted molar refractivity (Wildman–Crippen MR) is 71.2 cm³/mol. The highest BCUT2D eigenvalue weighted by Gasteiger charge is 2.24. The molecule has 96 valence electrons. The number of hydrogen-bond donors (Lipinski definition) is 1. The van der Waals surface area contributed by atoms with E-state index in [2.05, 4.69) is 31.3 Å². The van der Waals surface area contributed by atoms with E-state index in [1.165, 1.54) is 42.6 Å². The second kappa shape index (κ2) is 5.21. The minimum Gasteiger partial charge on any atom is -0.317 e. The molecule has 1 saturated carbocycles. The van der Waals surface area contributed by atoms with E-state index in [9.17, 15) is 0 Å². The van der Waals surface area contributed by atoms with Crippen LogP contribution < -0.4 is 5.32 Å². The van der Waals surface area contributed by atoms with Gasteiger partial charge in [0.25, 0.3) is 0 Å². The van der Waals surface area contributed by atoms with E-state index >= 15 is 0 Å². The minimum absolute atomic E-state index is 0.682. The molecule has 1 aliphatic rings. The minimum atomic E-state index is 0.682. The van der Waals surface area contributed by atoms with Crippen LogP contribution in [0.4, 0.5) is 0 Å². The summed E-state index contributed by atoms with van der Waals surface area (Å²) in [6, 6.07) is 0.682. The van der Waals surface area contributed by atoms with Gasteiger partial charge in [0.05, 0.1) is 5.69 Å². The zero-order chi connectivity index (χ0) is 12.4. The molecule has 1 N–H and O–H groups in total. The van der Waals surface area contributed by atoms with Crippen LogP contribution in [0.15, 0.2) is 0 Å². The molecule has 0 saturated heterocycles. The molecule has 2 rings (SSSR count). The van der Waals surface area contributed by atoms with Crippen molar-refractivity contribution in [2.75, 3.05) is 7.05 Å². The Morgan fingerprint density at radius 3 is 2.59 bits per heavy atom. The third kappa shape index (κ3) is 3.09. The average Bonchev–Trinajstić information content (AvgIpc) is 3.07. The van der Waals surface area contributed by atoms with Crippen LogP contribution in [0.1, 0.15) is 42.6 Å². The molecule has 1 aromatic heterocycles. The maximum absolute atomic E-state index is 4.48. The first-order valence-corrected chi connectivity index (χ1v) is 6.78. The van der Waals surface area contributed by atoms with Crippen molar-refractivity contribution in [1.29, 1.82) is 0 Å². The van der Waals surface area contributed by atoms with Gasteiger partial charge in [0, 0.05) is 18.8 Å². The van der Waals surface area contributed by atoms with Crippen molar-refractivity contribution in [2.45, 2.75) is 52.0 Å². The first kappa shape index (κ1) is 12.6. The fourth-order valence-corrected chi connectivity index (χ4v) is 2.63. The van der Waals surface area contributed by atoms with Crippen molar-refractivity contribution in [2.24, 2.45) is 13.0 Å². The Hall–Kier alpha value is -0.830. The number of aromatic nitrogens is 2. The highest BCUT2D eigenvalue weighted by molar-refractivity contribution is 5.24. The van der Waals surface area contributed by atoms with Gasteiger partial charge in [-0.05, 0) is 51.6 Å². The smallest absolute Gasteiger partial charge is 0.0628 e. The molecular formula is C14H25N3. The Balaban J connectivity index is 1.90. The highest BCUT2D eigenvalue weighted by Crippen LogP contribution is 2.34. The summed E-state index contributed by atoms with van der Waals surface area (Å²) in [6.07, 6.45) is 6.64. The molecule has 1 fully saturated rings. The molecule has 3 nitrogen and oxygen atoms in total. The molecule has 0 aromatic carbocycles. The Labute approximate surface area is 105 Å². The molecule has 0 radical (unpaired) electrons. The highest BCUT2D eigenvalue weighted by atomic mass is 15.3. The van der Waals surface area contributed by atoms with E-state index in [1.54, 1.807) is 0 Å². The largest absolute Gasteiger partial charge is 0.317 e. The van der Waals surface area contributed by atoms with E-state index in [1.807, 2.05) is 11.7 Å². The van der Waals surface area contributed by atoms with Crippen LogP contribution in [0.3, 0.4) is 0 Å². The van der Waals surface area contributed by atoms with Gasteiger partial charge >= 0.3 is 0 Å². The fourth-order valence-electron chi connectivity index (χ4n) is 2.63. The van der Waals surface area contributed by atoms with E-state index in [0.717, 1.165) is 12.3 Å². The number of rotatable bonds is 6. The van der Waals surface area contributed by atoms with Crippen LogP contribution in [0, 0.1) is 19.8 Å². The summed E-state index contributed by atoms with van der Waals surface area (Å²) in [7, 11) is 4.13. The van der Waals surface area contributed by atoms with Gasteiger partial charge in [-0.2, -0.15) is 5.10 Å². The van der Waals surface area contributed by atoms with Gasteiger partial charge in [-0.1, -0.05) is 12.8 Å². The Morgan fingerprint density at radius 1 is 1.41 bits per heavy atom. The molecule has 1 unspecified atom stereocenters. The van der Waals surface area contributed by atoms with Crippen molar-refractivity contribution in [3.05, 3.63) is 17.0 Å². The standard InChI is InChI=1S/C14H25N3/c1-10-14(11(2)17(4)16-10)8-7-13(15-3)9-12-5-6-12/h12-13,15H,5-9H2,1-4H3. The first-order chi connectivity index (χ1) is 8.11. The van der Waals surface area contributed by atoms with Gasteiger partial charge in [-0.3, -0.25) is 4.68 Å². The Morgan fingerprint density at radius 2 is 2.12 bits per heavy atom. The molecule has 3 heteroatoms.